The van der Waals surface area contributed by atoms with Crippen molar-refractivity contribution in [2.24, 2.45) is 0 Å². The van der Waals surface area contributed by atoms with E-state index in [9.17, 15) is 26.3 Å². The van der Waals surface area contributed by atoms with Crippen molar-refractivity contribution in [1.29, 1.82) is 5.26 Å². The van der Waals surface area contributed by atoms with Crippen LogP contribution in [0.3, 0.4) is 0 Å². The van der Waals surface area contributed by atoms with Gasteiger partial charge in [0, 0.05) is 11.1 Å². The van der Waals surface area contributed by atoms with E-state index in [2.05, 4.69) is 0 Å². The van der Waals surface area contributed by atoms with Crippen molar-refractivity contribution in [3.63, 3.8) is 0 Å². The normalized spacial score (nSPS) is 11.2. The quantitative estimate of drug-likeness (QED) is 0.0681. The molecule has 286 valence electrons. The third-order valence-corrected chi connectivity index (χ3v) is 9.87. The van der Waals surface area contributed by atoms with Crippen molar-refractivity contribution in [1.82, 2.24) is 0 Å². The molecule has 6 aromatic rings. The number of rotatable bonds is 14. The molecule has 2 N–H and O–H groups in total. The summed E-state index contributed by atoms with van der Waals surface area (Å²) in [5, 5.41) is 8.91. The summed E-state index contributed by atoms with van der Waals surface area (Å²) in [6.45, 7) is 0. The third-order valence-electron chi connectivity index (χ3n) is 9.87. The highest BCUT2D eigenvalue weighted by Gasteiger charge is 2.19. The fourth-order valence-corrected chi connectivity index (χ4v) is 6.89. The molecule has 0 heterocycles. The lowest BCUT2D eigenvalue weighted by molar-refractivity contribution is 0.576. The van der Waals surface area contributed by atoms with Gasteiger partial charge in [0.05, 0.1) is 22.4 Å². The lowest BCUT2D eigenvalue weighted by atomic mass is 9.96. The molecule has 56 heavy (non-hydrogen) atoms. The summed E-state index contributed by atoms with van der Waals surface area (Å²) in [4.78, 5) is 0. The molecule has 0 radical (unpaired) electrons. The van der Waals surface area contributed by atoms with E-state index in [-0.39, 0.29) is 44.6 Å². The Morgan fingerprint density at radius 2 is 0.786 bits per heavy atom. The summed E-state index contributed by atoms with van der Waals surface area (Å²) in [7, 11) is 0. The van der Waals surface area contributed by atoms with Gasteiger partial charge in [0.2, 0.25) is 0 Å². The van der Waals surface area contributed by atoms with Gasteiger partial charge in [-0.05, 0) is 120 Å². The predicted molar refractivity (Wildman–Crippen MR) is 203 cm³/mol. The molecule has 0 aliphatic rings. The van der Waals surface area contributed by atoms with Gasteiger partial charge < -0.3 is 5.73 Å². The smallest absolute Gasteiger partial charge is 0.146 e. The fourth-order valence-electron chi connectivity index (χ4n) is 6.89. The first kappa shape index (κ1) is 39.7. The molecule has 0 atom stereocenters. The first-order valence-corrected chi connectivity index (χ1v) is 18.2. The number of nitrogens with zero attached hydrogens (tertiary/aromatic N) is 1. The average Bonchev–Trinajstić information content (AvgIpc) is 3.15. The molecule has 0 saturated heterocycles. The van der Waals surface area contributed by atoms with Crippen LogP contribution in [0.1, 0.15) is 61.6 Å². The lowest BCUT2D eigenvalue weighted by Crippen LogP contribution is -1.96. The highest BCUT2D eigenvalue weighted by atomic mass is 19.2. The molecule has 0 aromatic heterocycles. The maximum atomic E-state index is 15.1. The minimum atomic E-state index is -0.982. The van der Waals surface area contributed by atoms with E-state index >= 15 is 8.78 Å². The summed E-state index contributed by atoms with van der Waals surface area (Å²) in [6.07, 6.45) is 7.79. The van der Waals surface area contributed by atoms with Crippen LogP contribution in [-0.2, 0) is 12.8 Å². The Morgan fingerprint density at radius 3 is 1.18 bits per heavy atom. The van der Waals surface area contributed by atoms with Crippen molar-refractivity contribution in [3.05, 3.63) is 160 Å². The van der Waals surface area contributed by atoms with Crippen LogP contribution in [0, 0.1) is 57.9 Å². The average molecular weight is 769 g/mol. The van der Waals surface area contributed by atoms with Gasteiger partial charge in [0.1, 0.15) is 52.6 Å². The number of hydrogen-bond acceptors (Lipinski definition) is 2. The second-order valence-electron chi connectivity index (χ2n) is 13.8. The topological polar surface area (TPSA) is 49.8 Å². The molecular formula is C46H36F8N2. The zero-order chi connectivity index (χ0) is 39.9. The van der Waals surface area contributed by atoms with Crippen molar-refractivity contribution in [2.75, 3.05) is 5.73 Å². The summed E-state index contributed by atoms with van der Waals surface area (Å²) < 4.78 is 118. The van der Waals surface area contributed by atoms with Crippen molar-refractivity contribution >= 4 is 5.69 Å². The van der Waals surface area contributed by atoms with Gasteiger partial charge in [-0.2, -0.15) is 5.26 Å². The zero-order valence-electron chi connectivity index (χ0n) is 30.1. The third kappa shape index (κ3) is 9.11. The Labute approximate surface area is 319 Å². The summed E-state index contributed by atoms with van der Waals surface area (Å²) in [5.41, 5.74) is 5.75. The molecule has 0 saturated carbocycles. The van der Waals surface area contributed by atoms with Crippen LogP contribution in [0.15, 0.2) is 97.1 Å². The number of nitrogen functional groups attached to an aromatic ring is 1. The van der Waals surface area contributed by atoms with E-state index in [0.29, 0.717) is 12.8 Å². The number of aryl methyl sites for hydroxylation is 2. The van der Waals surface area contributed by atoms with Gasteiger partial charge in [-0.25, -0.2) is 35.1 Å². The first-order chi connectivity index (χ1) is 26.9. The predicted octanol–water partition coefficient (Wildman–Crippen LogP) is 13.4. The van der Waals surface area contributed by atoms with E-state index < -0.39 is 57.7 Å². The van der Waals surface area contributed by atoms with E-state index in [1.165, 1.54) is 42.5 Å². The minimum absolute atomic E-state index is 0.00922. The number of nitrogens with two attached hydrogens (primary N) is 1. The number of unbranched alkanes of at least 4 members (excludes halogenated alkanes) is 6. The Bertz CT molecular complexity index is 2390. The lowest BCUT2D eigenvalue weighted by Gasteiger charge is -2.11. The highest BCUT2D eigenvalue weighted by Crippen LogP contribution is 2.35. The molecule has 0 bridgehead atoms. The molecule has 6 aromatic carbocycles. The largest absolute Gasteiger partial charge is 0.396 e. The Morgan fingerprint density at radius 1 is 0.393 bits per heavy atom. The maximum absolute atomic E-state index is 15.1. The van der Waals surface area contributed by atoms with Gasteiger partial charge in [0.15, 0.2) is 0 Å². The van der Waals surface area contributed by atoms with Crippen LogP contribution in [0.5, 0.6) is 0 Å². The van der Waals surface area contributed by atoms with E-state index in [1.807, 2.05) is 0 Å². The number of anilines is 1. The molecular weight excluding hydrogens is 733 g/mol. The highest BCUT2D eigenvalue weighted by molar-refractivity contribution is 5.74. The molecule has 2 nitrogen and oxygen atoms in total. The van der Waals surface area contributed by atoms with Gasteiger partial charge in [0.25, 0.3) is 0 Å². The van der Waals surface area contributed by atoms with Gasteiger partial charge in [-0.15, -0.1) is 0 Å². The maximum Gasteiger partial charge on any atom is 0.146 e. The Kier molecular flexibility index (Phi) is 12.5. The van der Waals surface area contributed by atoms with Crippen LogP contribution in [-0.4, -0.2) is 0 Å². The van der Waals surface area contributed by atoms with Crippen molar-refractivity contribution < 1.29 is 35.1 Å². The Balaban J connectivity index is 0.927. The van der Waals surface area contributed by atoms with Gasteiger partial charge in [-0.3, -0.25) is 0 Å². The second-order valence-corrected chi connectivity index (χ2v) is 13.8. The SMILES string of the molecule is N#Cc1ccc(-c2c(F)cc(-c3ccc(CCCCCCCCCc4ccc(-c5cc(F)c(-c6ccc(N)c(F)c6)c(F)c5)c(F)c4)cc3F)cc2F)cc1F. The van der Waals surface area contributed by atoms with Crippen molar-refractivity contribution in [2.45, 2.75) is 57.8 Å². The number of nitriles is 1. The second kappa shape index (κ2) is 17.7. The minimum Gasteiger partial charge on any atom is -0.396 e. The van der Waals surface area contributed by atoms with Crippen LogP contribution in [0.25, 0.3) is 44.5 Å². The molecule has 0 fully saturated rings. The zero-order valence-corrected chi connectivity index (χ0v) is 30.1. The summed E-state index contributed by atoms with van der Waals surface area (Å²) in [5.74, 6) is -6.77. The monoisotopic (exact) mass is 768 g/mol. The number of halogens is 8. The molecule has 10 heteroatoms. The summed E-state index contributed by atoms with van der Waals surface area (Å²) in [6, 6.07) is 21.7. The van der Waals surface area contributed by atoms with Crippen LogP contribution in [0.4, 0.5) is 40.8 Å². The molecule has 0 aliphatic heterocycles. The van der Waals surface area contributed by atoms with E-state index in [0.717, 1.165) is 98.5 Å². The van der Waals surface area contributed by atoms with E-state index in [4.69, 9.17) is 11.0 Å². The number of hydrogen-bond donors (Lipinski definition) is 1. The molecule has 6 rings (SSSR count). The molecule has 0 amide bonds. The standard InChI is InChI=1S/C46H36F8N2/c47-36-20-29(12-13-31(36)26-55)45-40(51)22-32(23-41(45)52)34-15-10-27(18-37(34)48)8-6-4-2-1-3-5-7-9-28-11-16-35(38(49)19-28)33-24-42(53)46(43(54)25-33)30-14-17-44(56)39(50)21-30/h10-25H,1-9,56H2. The van der Waals surface area contributed by atoms with Crippen LogP contribution >= 0.6 is 0 Å². The first-order valence-electron chi connectivity index (χ1n) is 18.2. The van der Waals surface area contributed by atoms with Crippen molar-refractivity contribution in [3.8, 4) is 50.6 Å². The van der Waals surface area contributed by atoms with Gasteiger partial charge >= 0.3 is 0 Å². The summed E-state index contributed by atoms with van der Waals surface area (Å²) >= 11 is 0. The molecule has 0 aliphatic carbocycles. The van der Waals surface area contributed by atoms with Crippen LogP contribution < -0.4 is 5.73 Å². The van der Waals surface area contributed by atoms with E-state index in [1.54, 1.807) is 18.2 Å². The fraction of sp³-hybridized carbons (Fsp3) is 0.196. The van der Waals surface area contributed by atoms with Crippen LogP contribution in [0.2, 0.25) is 0 Å². The molecule has 0 spiro atoms. The van der Waals surface area contributed by atoms with Gasteiger partial charge in [-0.1, -0.05) is 68.5 Å². The Hall–Kier alpha value is -5.95. The number of benzene rings is 6. The molecule has 0 unspecified atom stereocenters.